The molecule has 2 nitrogen and oxygen atoms in total. The zero-order valence-corrected chi connectivity index (χ0v) is 11.1. The first-order chi connectivity index (χ1) is 8.08. The fourth-order valence-electron chi connectivity index (χ4n) is 2.46. The lowest BCUT2D eigenvalue weighted by Crippen LogP contribution is -2.38. The predicted molar refractivity (Wildman–Crippen MR) is 72.2 cm³/mol. The summed E-state index contributed by atoms with van der Waals surface area (Å²) in [6, 6.07) is 8.32. The molecule has 1 aliphatic heterocycles. The van der Waals surface area contributed by atoms with Gasteiger partial charge in [-0.1, -0.05) is 26.0 Å². The SMILES string of the molecule is CC1CCN(c2ccc([C@@H](C)O)cc2)CC1C. The van der Waals surface area contributed by atoms with E-state index in [-0.39, 0.29) is 6.10 Å². The number of anilines is 1. The van der Waals surface area contributed by atoms with Gasteiger partial charge in [-0.3, -0.25) is 0 Å². The van der Waals surface area contributed by atoms with Crippen LogP contribution in [0.25, 0.3) is 0 Å². The first kappa shape index (κ1) is 12.4. The van der Waals surface area contributed by atoms with Crippen molar-refractivity contribution in [2.24, 2.45) is 11.8 Å². The summed E-state index contributed by atoms with van der Waals surface area (Å²) in [5.74, 6) is 1.60. The molecule has 2 rings (SSSR count). The third kappa shape index (κ3) is 2.81. The maximum Gasteiger partial charge on any atom is 0.0761 e. The Kier molecular flexibility index (Phi) is 3.72. The minimum absolute atomic E-state index is 0.371. The van der Waals surface area contributed by atoms with Crippen molar-refractivity contribution in [1.82, 2.24) is 0 Å². The summed E-state index contributed by atoms with van der Waals surface area (Å²) in [5.41, 5.74) is 2.28. The van der Waals surface area contributed by atoms with Gasteiger partial charge in [-0.05, 0) is 42.9 Å². The van der Waals surface area contributed by atoms with E-state index in [1.807, 2.05) is 12.1 Å². The van der Waals surface area contributed by atoms with Crippen molar-refractivity contribution in [3.05, 3.63) is 29.8 Å². The van der Waals surface area contributed by atoms with E-state index in [0.717, 1.165) is 30.5 Å². The van der Waals surface area contributed by atoms with Gasteiger partial charge >= 0.3 is 0 Å². The monoisotopic (exact) mass is 233 g/mol. The van der Waals surface area contributed by atoms with E-state index in [1.54, 1.807) is 6.92 Å². The van der Waals surface area contributed by atoms with Crippen LogP contribution in [-0.2, 0) is 0 Å². The van der Waals surface area contributed by atoms with E-state index in [2.05, 4.69) is 30.9 Å². The van der Waals surface area contributed by atoms with Crippen LogP contribution in [0.4, 0.5) is 5.69 Å². The average Bonchev–Trinajstić information content (AvgIpc) is 2.33. The molecule has 2 heteroatoms. The molecule has 0 aliphatic carbocycles. The third-order valence-corrected chi connectivity index (χ3v) is 4.07. The summed E-state index contributed by atoms with van der Waals surface area (Å²) in [5, 5.41) is 9.49. The molecule has 1 fully saturated rings. The van der Waals surface area contributed by atoms with Crippen LogP contribution in [0.2, 0.25) is 0 Å². The lowest BCUT2D eigenvalue weighted by molar-refractivity contribution is 0.199. The predicted octanol–water partition coefficient (Wildman–Crippen LogP) is 3.22. The van der Waals surface area contributed by atoms with Crippen LogP contribution in [0.3, 0.4) is 0 Å². The van der Waals surface area contributed by atoms with E-state index in [9.17, 15) is 5.11 Å². The van der Waals surface area contributed by atoms with Crippen LogP contribution in [0.5, 0.6) is 0 Å². The fraction of sp³-hybridized carbons (Fsp3) is 0.600. The fourth-order valence-corrected chi connectivity index (χ4v) is 2.46. The first-order valence-corrected chi connectivity index (χ1v) is 6.61. The Labute approximate surface area is 104 Å². The van der Waals surface area contributed by atoms with Crippen molar-refractivity contribution in [2.45, 2.75) is 33.3 Å². The van der Waals surface area contributed by atoms with Gasteiger partial charge in [-0.2, -0.15) is 0 Å². The maximum absolute atomic E-state index is 9.49. The summed E-state index contributed by atoms with van der Waals surface area (Å²) in [4.78, 5) is 2.45. The number of nitrogens with zero attached hydrogens (tertiary/aromatic N) is 1. The van der Waals surface area contributed by atoms with Gasteiger partial charge in [0, 0.05) is 18.8 Å². The Bertz CT molecular complexity index is 358. The molecule has 3 atom stereocenters. The van der Waals surface area contributed by atoms with Crippen LogP contribution in [0.1, 0.15) is 38.9 Å². The quantitative estimate of drug-likeness (QED) is 0.847. The zero-order valence-electron chi connectivity index (χ0n) is 11.1. The van der Waals surface area contributed by atoms with Crippen LogP contribution in [-0.4, -0.2) is 18.2 Å². The zero-order chi connectivity index (χ0) is 12.4. The summed E-state index contributed by atoms with van der Waals surface area (Å²) < 4.78 is 0. The molecule has 1 aliphatic rings. The Morgan fingerprint density at radius 1 is 1.18 bits per heavy atom. The first-order valence-electron chi connectivity index (χ1n) is 6.61. The lowest BCUT2D eigenvalue weighted by atomic mass is 9.88. The normalized spacial score (nSPS) is 26.9. The molecule has 1 aromatic carbocycles. The van der Waals surface area contributed by atoms with Crippen molar-refractivity contribution >= 4 is 5.69 Å². The molecule has 0 aromatic heterocycles. The van der Waals surface area contributed by atoms with Crippen molar-refractivity contribution in [3.63, 3.8) is 0 Å². The smallest absolute Gasteiger partial charge is 0.0761 e. The molecule has 1 heterocycles. The standard InChI is InChI=1S/C15H23NO/c1-11-8-9-16(10-12(11)2)15-6-4-14(5-7-15)13(3)17/h4-7,11-13,17H,8-10H2,1-3H3/t11?,12?,13-/m1/s1. The molecule has 0 amide bonds. The van der Waals surface area contributed by atoms with Gasteiger partial charge < -0.3 is 10.0 Å². The van der Waals surface area contributed by atoms with Gasteiger partial charge in [0.2, 0.25) is 0 Å². The lowest BCUT2D eigenvalue weighted by Gasteiger charge is -2.36. The van der Waals surface area contributed by atoms with Gasteiger partial charge in [0.25, 0.3) is 0 Å². The van der Waals surface area contributed by atoms with Crippen LogP contribution < -0.4 is 4.90 Å². The molecule has 2 unspecified atom stereocenters. The van der Waals surface area contributed by atoms with E-state index in [1.165, 1.54) is 12.1 Å². The van der Waals surface area contributed by atoms with Gasteiger partial charge in [0.15, 0.2) is 0 Å². The van der Waals surface area contributed by atoms with Crippen molar-refractivity contribution in [1.29, 1.82) is 0 Å². The molecular weight excluding hydrogens is 210 g/mol. The average molecular weight is 233 g/mol. The number of aliphatic hydroxyl groups is 1. The van der Waals surface area contributed by atoms with Crippen molar-refractivity contribution in [3.8, 4) is 0 Å². The molecule has 94 valence electrons. The molecule has 17 heavy (non-hydrogen) atoms. The Morgan fingerprint density at radius 2 is 1.82 bits per heavy atom. The summed E-state index contributed by atoms with van der Waals surface area (Å²) in [7, 11) is 0. The molecule has 0 radical (unpaired) electrons. The molecule has 0 saturated carbocycles. The minimum atomic E-state index is -0.371. The number of rotatable bonds is 2. The molecular formula is C15H23NO. The van der Waals surface area contributed by atoms with Gasteiger partial charge in [-0.25, -0.2) is 0 Å². The van der Waals surface area contributed by atoms with E-state index in [0.29, 0.717) is 0 Å². The Hall–Kier alpha value is -1.02. The van der Waals surface area contributed by atoms with Gasteiger partial charge in [0.1, 0.15) is 0 Å². The summed E-state index contributed by atoms with van der Waals surface area (Å²) >= 11 is 0. The second-order valence-corrected chi connectivity index (χ2v) is 5.46. The van der Waals surface area contributed by atoms with Gasteiger partial charge in [-0.15, -0.1) is 0 Å². The van der Waals surface area contributed by atoms with E-state index in [4.69, 9.17) is 0 Å². The van der Waals surface area contributed by atoms with Crippen LogP contribution >= 0.6 is 0 Å². The molecule has 0 bridgehead atoms. The largest absolute Gasteiger partial charge is 0.389 e. The number of piperidine rings is 1. The summed E-state index contributed by atoms with van der Waals surface area (Å²) in [6.07, 6.45) is 0.906. The Balaban J connectivity index is 2.07. The highest BCUT2D eigenvalue weighted by Crippen LogP contribution is 2.27. The minimum Gasteiger partial charge on any atom is -0.389 e. The molecule has 0 spiro atoms. The highest BCUT2D eigenvalue weighted by Gasteiger charge is 2.22. The second-order valence-electron chi connectivity index (χ2n) is 5.46. The Morgan fingerprint density at radius 3 is 2.35 bits per heavy atom. The van der Waals surface area contributed by atoms with Crippen molar-refractivity contribution < 1.29 is 5.11 Å². The van der Waals surface area contributed by atoms with Crippen molar-refractivity contribution in [2.75, 3.05) is 18.0 Å². The number of aliphatic hydroxyl groups excluding tert-OH is 1. The van der Waals surface area contributed by atoms with E-state index >= 15 is 0 Å². The third-order valence-electron chi connectivity index (χ3n) is 4.07. The number of benzene rings is 1. The highest BCUT2D eigenvalue weighted by atomic mass is 16.3. The summed E-state index contributed by atoms with van der Waals surface area (Å²) in [6.45, 7) is 8.79. The molecule has 1 saturated heterocycles. The van der Waals surface area contributed by atoms with Crippen LogP contribution in [0.15, 0.2) is 24.3 Å². The van der Waals surface area contributed by atoms with Crippen LogP contribution in [0, 0.1) is 11.8 Å². The van der Waals surface area contributed by atoms with Gasteiger partial charge in [0.05, 0.1) is 6.10 Å². The second kappa shape index (κ2) is 5.09. The molecule has 1 aromatic rings. The highest BCUT2D eigenvalue weighted by molar-refractivity contribution is 5.48. The molecule has 1 N–H and O–H groups in total. The topological polar surface area (TPSA) is 23.5 Å². The van der Waals surface area contributed by atoms with E-state index < -0.39 is 0 Å². The number of hydrogen-bond donors (Lipinski definition) is 1. The maximum atomic E-state index is 9.49. The number of hydrogen-bond acceptors (Lipinski definition) is 2.